The molecule has 2 fully saturated rings. The van der Waals surface area contributed by atoms with Gasteiger partial charge in [-0.2, -0.15) is 0 Å². The standard InChI is InChI=1S/C14H20N2OS/c1-3-11(9-16-12-5-6-12)14(15-7-1)18-10-13-4-2-8-17-13/h1,3,7,12-13,16H,2,4-6,8-10H2. The van der Waals surface area contributed by atoms with Crippen molar-refractivity contribution >= 4 is 11.8 Å². The van der Waals surface area contributed by atoms with E-state index in [2.05, 4.69) is 16.4 Å². The summed E-state index contributed by atoms with van der Waals surface area (Å²) in [6.07, 6.45) is 7.40. The number of rotatable bonds is 6. The minimum Gasteiger partial charge on any atom is -0.377 e. The highest BCUT2D eigenvalue weighted by molar-refractivity contribution is 7.99. The van der Waals surface area contributed by atoms with Gasteiger partial charge in [0.1, 0.15) is 5.03 Å². The molecule has 2 heterocycles. The molecule has 3 nitrogen and oxygen atoms in total. The second kappa shape index (κ2) is 6.04. The fourth-order valence-electron chi connectivity index (χ4n) is 2.18. The van der Waals surface area contributed by atoms with E-state index in [-0.39, 0.29) is 0 Å². The molecule has 1 N–H and O–H groups in total. The van der Waals surface area contributed by atoms with E-state index in [1.807, 2.05) is 24.0 Å². The first-order valence-corrected chi connectivity index (χ1v) is 7.82. The summed E-state index contributed by atoms with van der Waals surface area (Å²) in [6.45, 7) is 1.88. The molecule has 4 heteroatoms. The maximum absolute atomic E-state index is 5.66. The Balaban J connectivity index is 1.55. The van der Waals surface area contributed by atoms with Crippen LogP contribution in [-0.2, 0) is 11.3 Å². The maximum atomic E-state index is 5.66. The van der Waals surface area contributed by atoms with Crippen LogP contribution in [0.1, 0.15) is 31.2 Å². The molecule has 1 unspecified atom stereocenters. The summed E-state index contributed by atoms with van der Waals surface area (Å²) in [5.41, 5.74) is 1.33. The Hall–Kier alpha value is -0.580. The number of nitrogens with one attached hydrogen (secondary N) is 1. The molecule has 1 aromatic rings. The normalized spacial score (nSPS) is 23.4. The SMILES string of the molecule is c1cnc(SCC2CCCO2)c(CNC2CC2)c1. The summed E-state index contributed by atoms with van der Waals surface area (Å²) in [7, 11) is 0. The predicted octanol–water partition coefficient (Wildman–Crippen LogP) is 2.60. The highest BCUT2D eigenvalue weighted by atomic mass is 32.2. The largest absolute Gasteiger partial charge is 0.377 e. The van der Waals surface area contributed by atoms with Crippen molar-refractivity contribution in [3.63, 3.8) is 0 Å². The summed E-state index contributed by atoms with van der Waals surface area (Å²) in [6, 6.07) is 4.96. The number of hydrogen-bond donors (Lipinski definition) is 1. The van der Waals surface area contributed by atoms with E-state index in [9.17, 15) is 0 Å². The van der Waals surface area contributed by atoms with Crippen molar-refractivity contribution < 1.29 is 4.74 Å². The van der Waals surface area contributed by atoms with Gasteiger partial charge in [-0.25, -0.2) is 4.98 Å². The second-order valence-electron chi connectivity index (χ2n) is 5.07. The Kier molecular flexibility index (Phi) is 4.18. The molecule has 2 aliphatic rings. The Morgan fingerprint density at radius 2 is 2.33 bits per heavy atom. The van der Waals surface area contributed by atoms with E-state index >= 15 is 0 Å². The van der Waals surface area contributed by atoms with E-state index in [0.717, 1.165) is 24.9 Å². The van der Waals surface area contributed by atoms with Crippen LogP contribution in [0.5, 0.6) is 0 Å². The van der Waals surface area contributed by atoms with Gasteiger partial charge in [0.15, 0.2) is 0 Å². The summed E-state index contributed by atoms with van der Waals surface area (Å²) in [5.74, 6) is 1.04. The van der Waals surface area contributed by atoms with E-state index in [0.29, 0.717) is 6.10 Å². The lowest BCUT2D eigenvalue weighted by Crippen LogP contribution is -2.16. The van der Waals surface area contributed by atoms with E-state index in [1.54, 1.807) is 0 Å². The van der Waals surface area contributed by atoms with Gasteiger partial charge in [-0.1, -0.05) is 6.07 Å². The van der Waals surface area contributed by atoms with Gasteiger partial charge >= 0.3 is 0 Å². The van der Waals surface area contributed by atoms with Gasteiger partial charge in [0.2, 0.25) is 0 Å². The highest BCUT2D eigenvalue weighted by Crippen LogP contribution is 2.26. The van der Waals surface area contributed by atoms with Crippen LogP contribution in [-0.4, -0.2) is 29.5 Å². The van der Waals surface area contributed by atoms with Gasteiger partial charge in [0, 0.05) is 31.1 Å². The minimum absolute atomic E-state index is 0.432. The molecule has 1 aliphatic heterocycles. The molecule has 0 spiro atoms. The van der Waals surface area contributed by atoms with Crippen LogP contribution in [0.2, 0.25) is 0 Å². The summed E-state index contributed by atoms with van der Waals surface area (Å²) in [5, 5.41) is 4.72. The lowest BCUT2D eigenvalue weighted by Gasteiger charge is -2.11. The van der Waals surface area contributed by atoms with Crippen LogP contribution >= 0.6 is 11.8 Å². The van der Waals surface area contributed by atoms with Crippen LogP contribution in [0.25, 0.3) is 0 Å². The first kappa shape index (κ1) is 12.5. The number of aromatic nitrogens is 1. The zero-order chi connectivity index (χ0) is 12.2. The molecule has 98 valence electrons. The molecule has 1 aromatic heterocycles. The molecule has 0 radical (unpaired) electrons. The number of ether oxygens (including phenoxy) is 1. The average Bonchev–Trinajstić information content (AvgIpc) is 3.09. The molecule has 3 rings (SSSR count). The lowest BCUT2D eigenvalue weighted by molar-refractivity contribution is 0.129. The molecule has 0 bridgehead atoms. The molecule has 18 heavy (non-hydrogen) atoms. The third kappa shape index (κ3) is 3.46. The van der Waals surface area contributed by atoms with Crippen molar-refractivity contribution in [1.82, 2.24) is 10.3 Å². The fourth-order valence-corrected chi connectivity index (χ4v) is 3.25. The topological polar surface area (TPSA) is 34.1 Å². The molecule has 1 saturated heterocycles. The average molecular weight is 264 g/mol. The number of pyridine rings is 1. The molecule has 1 atom stereocenters. The monoisotopic (exact) mass is 264 g/mol. The zero-order valence-electron chi connectivity index (χ0n) is 10.6. The van der Waals surface area contributed by atoms with Crippen molar-refractivity contribution in [3.05, 3.63) is 23.9 Å². The third-order valence-electron chi connectivity index (χ3n) is 3.44. The molecule has 0 aromatic carbocycles. The quantitative estimate of drug-likeness (QED) is 0.801. The predicted molar refractivity (Wildman–Crippen MR) is 73.8 cm³/mol. The lowest BCUT2D eigenvalue weighted by atomic mass is 10.3. The van der Waals surface area contributed by atoms with Crippen molar-refractivity contribution in [2.45, 2.75) is 49.4 Å². The number of nitrogens with zero attached hydrogens (tertiary/aromatic N) is 1. The summed E-state index contributed by atoms with van der Waals surface area (Å²) < 4.78 is 5.66. The van der Waals surface area contributed by atoms with E-state index in [1.165, 1.54) is 36.3 Å². The highest BCUT2D eigenvalue weighted by Gasteiger charge is 2.21. The maximum Gasteiger partial charge on any atom is 0.101 e. The number of hydrogen-bond acceptors (Lipinski definition) is 4. The van der Waals surface area contributed by atoms with E-state index < -0.39 is 0 Å². The summed E-state index contributed by atoms with van der Waals surface area (Å²) in [4.78, 5) is 4.51. The third-order valence-corrected chi connectivity index (χ3v) is 4.62. The fraction of sp³-hybridized carbons (Fsp3) is 0.643. The summed E-state index contributed by atoms with van der Waals surface area (Å²) >= 11 is 1.84. The Morgan fingerprint density at radius 3 is 3.11 bits per heavy atom. The minimum atomic E-state index is 0.432. The van der Waals surface area contributed by atoms with Gasteiger partial charge in [-0.05, 0) is 37.3 Å². The Bertz CT molecular complexity index is 389. The second-order valence-corrected chi connectivity index (χ2v) is 6.08. The van der Waals surface area contributed by atoms with Crippen LogP contribution in [0.15, 0.2) is 23.4 Å². The van der Waals surface area contributed by atoms with Crippen molar-refractivity contribution in [1.29, 1.82) is 0 Å². The van der Waals surface area contributed by atoms with Crippen molar-refractivity contribution in [2.75, 3.05) is 12.4 Å². The Morgan fingerprint density at radius 1 is 1.39 bits per heavy atom. The molecule has 0 amide bonds. The smallest absolute Gasteiger partial charge is 0.101 e. The van der Waals surface area contributed by atoms with Crippen LogP contribution in [0.4, 0.5) is 0 Å². The zero-order valence-corrected chi connectivity index (χ0v) is 11.4. The first-order chi connectivity index (χ1) is 8.92. The Labute approximate surface area is 113 Å². The van der Waals surface area contributed by atoms with Gasteiger partial charge < -0.3 is 10.1 Å². The number of thioether (sulfide) groups is 1. The van der Waals surface area contributed by atoms with Crippen LogP contribution in [0.3, 0.4) is 0 Å². The van der Waals surface area contributed by atoms with Crippen LogP contribution < -0.4 is 5.32 Å². The van der Waals surface area contributed by atoms with Gasteiger partial charge in [-0.15, -0.1) is 11.8 Å². The molecular weight excluding hydrogens is 244 g/mol. The van der Waals surface area contributed by atoms with Crippen molar-refractivity contribution in [3.8, 4) is 0 Å². The first-order valence-electron chi connectivity index (χ1n) is 6.83. The van der Waals surface area contributed by atoms with E-state index in [4.69, 9.17) is 4.74 Å². The van der Waals surface area contributed by atoms with Gasteiger partial charge in [0.25, 0.3) is 0 Å². The molecular formula is C14H20N2OS. The molecule has 1 saturated carbocycles. The molecule has 1 aliphatic carbocycles. The van der Waals surface area contributed by atoms with Gasteiger partial charge in [-0.3, -0.25) is 0 Å². The van der Waals surface area contributed by atoms with Crippen molar-refractivity contribution in [2.24, 2.45) is 0 Å². The van der Waals surface area contributed by atoms with Gasteiger partial charge in [0.05, 0.1) is 6.10 Å². The van der Waals surface area contributed by atoms with Crippen LogP contribution in [0, 0.1) is 0 Å².